The molecular formula is C28H38N6O. The summed E-state index contributed by atoms with van der Waals surface area (Å²) in [4.78, 5) is 16.0. The molecule has 35 heavy (non-hydrogen) atoms. The number of hydrogen-bond donors (Lipinski definition) is 3. The number of nitrogens with zero attached hydrogens (tertiary/aromatic N) is 3. The first-order valence-electron chi connectivity index (χ1n) is 12.5. The molecule has 0 aliphatic carbocycles. The normalized spacial score (nSPS) is 18.6. The quantitative estimate of drug-likeness (QED) is 0.274. The van der Waals surface area contributed by atoms with Crippen LogP contribution in [-0.4, -0.2) is 47.5 Å². The number of hydroxylamine groups is 2. The molecule has 1 unspecified atom stereocenters. The molecule has 1 fully saturated rings. The number of allylic oxidation sites excluding steroid dienone is 1. The number of piperidine rings is 1. The number of fused-ring (bicyclic) bond motifs is 1. The Hall–Kier alpha value is -3.00. The van der Waals surface area contributed by atoms with E-state index in [-0.39, 0.29) is 6.04 Å². The highest BCUT2D eigenvalue weighted by molar-refractivity contribution is 5.50. The van der Waals surface area contributed by atoms with E-state index in [1.54, 1.807) is 0 Å². The van der Waals surface area contributed by atoms with Crippen LogP contribution in [0, 0.1) is 5.41 Å². The molecule has 7 heteroatoms. The lowest BCUT2D eigenvalue weighted by atomic mass is 9.87. The Morgan fingerprint density at radius 2 is 2.11 bits per heavy atom. The number of benzene rings is 1. The van der Waals surface area contributed by atoms with E-state index in [1.165, 1.54) is 16.7 Å². The number of aromatic amines is 1. The van der Waals surface area contributed by atoms with Gasteiger partial charge >= 0.3 is 0 Å². The van der Waals surface area contributed by atoms with Crippen molar-refractivity contribution in [2.45, 2.75) is 57.3 Å². The molecule has 2 aliphatic rings. The lowest BCUT2D eigenvalue weighted by molar-refractivity contribution is -0.207. The van der Waals surface area contributed by atoms with Crippen molar-refractivity contribution in [2.75, 3.05) is 20.1 Å². The molecule has 2 aliphatic heterocycles. The van der Waals surface area contributed by atoms with Crippen LogP contribution in [0.15, 0.2) is 66.3 Å². The molecule has 186 valence electrons. The number of hydrogen-bond acceptors (Lipinski definition) is 5. The van der Waals surface area contributed by atoms with Crippen molar-refractivity contribution in [2.24, 2.45) is 4.99 Å². The first-order valence-corrected chi connectivity index (χ1v) is 12.5. The van der Waals surface area contributed by atoms with Crippen LogP contribution in [-0.2, 0) is 24.5 Å². The standard InChI is InChI=1S/C28H38N6O/c1-4-5-8-27(21(2)30-3)34-17-25-16-23(10-11-24(25)19-35-34)22-12-14-33(15-13-22)18-26-7-6-9-28(32-26)31-20-29/h4,6-7,9-11,16,20,22,27,30H,1-2,5,8,12-15,17-19H2,3H3,(H2,29,31,32). The summed E-state index contributed by atoms with van der Waals surface area (Å²) in [7, 11) is 1.92. The van der Waals surface area contributed by atoms with Crippen molar-refractivity contribution in [3.63, 3.8) is 0 Å². The predicted molar refractivity (Wildman–Crippen MR) is 141 cm³/mol. The smallest absolute Gasteiger partial charge is 0.131 e. The maximum Gasteiger partial charge on any atom is 0.131 e. The molecule has 0 saturated carbocycles. The molecule has 3 N–H and O–H groups in total. The Balaban J connectivity index is 1.38. The topological polar surface area (TPSA) is 79.7 Å². The number of aromatic nitrogens is 1. The van der Waals surface area contributed by atoms with Crippen molar-refractivity contribution in [1.29, 1.82) is 5.41 Å². The zero-order chi connectivity index (χ0) is 24.6. The molecule has 0 spiro atoms. The molecule has 4 rings (SSSR count). The third kappa shape index (κ3) is 6.36. The minimum absolute atomic E-state index is 0.125. The molecular weight excluding hydrogens is 436 g/mol. The molecule has 7 nitrogen and oxygen atoms in total. The van der Waals surface area contributed by atoms with E-state index in [1.807, 2.05) is 25.3 Å². The summed E-state index contributed by atoms with van der Waals surface area (Å²) in [6.07, 6.45) is 7.20. The van der Waals surface area contributed by atoms with Crippen LogP contribution in [0.25, 0.3) is 0 Å². The van der Waals surface area contributed by atoms with Crippen molar-refractivity contribution in [3.05, 3.63) is 89.2 Å². The van der Waals surface area contributed by atoms with Gasteiger partial charge in [-0.05, 0) is 73.5 Å². The van der Waals surface area contributed by atoms with E-state index in [0.29, 0.717) is 12.5 Å². The van der Waals surface area contributed by atoms with Crippen molar-refractivity contribution in [1.82, 2.24) is 20.3 Å². The van der Waals surface area contributed by atoms with E-state index in [4.69, 9.17) is 10.2 Å². The van der Waals surface area contributed by atoms with Crippen molar-refractivity contribution < 1.29 is 4.84 Å². The van der Waals surface area contributed by atoms with Crippen LogP contribution in [0.2, 0.25) is 0 Å². The van der Waals surface area contributed by atoms with Crippen LogP contribution < -0.4 is 10.8 Å². The second-order valence-corrected chi connectivity index (χ2v) is 9.40. The number of nitrogens with one attached hydrogen (secondary N) is 3. The summed E-state index contributed by atoms with van der Waals surface area (Å²) in [5.41, 5.74) is 6.93. The fraction of sp³-hybridized carbons (Fsp3) is 0.429. The van der Waals surface area contributed by atoms with E-state index < -0.39 is 0 Å². The highest BCUT2D eigenvalue weighted by Crippen LogP contribution is 2.32. The van der Waals surface area contributed by atoms with E-state index in [0.717, 1.165) is 75.1 Å². The Labute approximate surface area is 208 Å². The van der Waals surface area contributed by atoms with Gasteiger partial charge in [-0.1, -0.05) is 36.9 Å². The van der Waals surface area contributed by atoms with Gasteiger partial charge in [0.1, 0.15) is 11.8 Å². The summed E-state index contributed by atoms with van der Waals surface area (Å²) in [5, 5.41) is 12.5. The number of rotatable bonds is 10. The number of likely N-dealkylation sites (N-methyl/N-ethyl adjacent to an activating group) is 1. The van der Waals surface area contributed by atoms with Gasteiger partial charge in [-0.2, -0.15) is 5.06 Å². The fourth-order valence-electron chi connectivity index (χ4n) is 5.09. The maximum atomic E-state index is 7.17. The van der Waals surface area contributed by atoms with Crippen molar-refractivity contribution in [3.8, 4) is 0 Å². The lowest BCUT2D eigenvalue weighted by Gasteiger charge is -2.36. The second-order valence-electron chi connectivity index (χ2n) is 9.40. The lowest BCUT2D eigenvalue weighted by Crippen LogP contribution is -2.41. The predicted octanol–water partition coefficient (Wildman–Crippen LogP) is 4.22. The van der Waals surface area contributed by atoms with Gasteiger partial charge in [0.25, 0.3) is 0 Å². The molecule has 1 aromatic carbocycles. The zero-order valence-corrected chi connectivity index (χ0v) is 20.8. The summed E-state index contributed by atoms with van der Waals surface area (Å²) in [6.45, 7) is 12.5. The Morgan fingerprint density at radius 1 is 1.29 bits per heavy atom. The molecule has 2 aromatic rings. The Morgan fingerprint density at radius 3 is 2.86 bits per heavy atom. The number of H-pyrrole nitrogens is 1. The highest BCUT2D eigenvalue weighted by atomic mass is 16.7. The summed E-state index contributed by atoms with van der Waals surface area (Å²) >= 11 is 0. The van der Waals surface area contributed by atoms with Gasteiger partial charge < -0.3 is 10.3 Å². The van der Waals surface area contributed by atoms with E-state index >= 15 is 0 Å². The van der Waals surface area contributed by atoms with Crippen LogP contribution in [0.5, 0.6) is 0 Å². The van der Waals surface area contributed by atoms with Gasteiger partial charge in [0.2, 0.25) is 0 Å². The zero-order valence-electron chi connectivity index (χ0n) is 20.8. The molecule has 0 amide bonds. The van der Waals surface area contributed by atoms with Gasteiger partial charge in [0.15, 0.2) is 0 Å². The monoisotopic (exact) mass is 474 g/mol. The SMILES string of the molecule is C=CCCC(C(=C)NC)N1Cc2cc(C3CCN(Cc4ccc/c(=N/C=N)[nH]4)CC3)ccc2CO1. The first kappa shape index (κ1) is 25.1. The van der Waals surface area contributed by atoms with Gasteiger partial charge in [-0.3, -0.25) is 15.1 Å². The molecule has 0 radical (unpaired) electrons. The van der Waals surface area contributed by atoms with Crippen LogP contribution in [0.3, 0.4) is 0 Å². The minimum atomic E-state index is 0.125. The summed E-state index contributed by atoms with van der Waals surface area (Å²) < 4.78 is 0. The summed E-state index contributed by atoms with van der Waals surface area (Å²) in [6, 6.07) is 13.1. The highest BCUT2D eigenvalue weighted by Gasteiger charge is 2.27. The Kier molecular flexibility index (Phi) is 8.69. The minimum Gasteiger partial charge on any atom is -0.391 e. The largest absolute Gasteiger partial charge is 0.391 e. The molecule has 3 heterocycles. The van der Waals surface area contributed by atoms with Gasteiger partial charge in [-0.15, -0.1) is 6.58 Å². The molecule has 1 saturated heterocycles. The van der Waals surface area contributed by atoms with Crippen LogP contribution in [0.4, 0.5) is 0 Å². The van der Waals surface area contributed by atoms with Crippen LogP contribution in [0.1, 0.15) is 54.0 Å². The van der Waals surface area contributed by atoms with E-state index in [2.05, 4.69) is 62.7 Å². The second kappa shape index (κ2) is 12.1. The fourth-order valence-corrected chi connectivity index (χ4v) is 5.09. The van der Waals surface area contributed by atoms with Gasteiger partial charge in [0.05, 0.1) is 19.2 Å². The number of likely N-dealkylation sites (tertiary alicyclic amines) is 1. The third-order valence-electron chi connectivity index (χ3n) is 7.15. The van der Waals surface area contributed by atoms with E-state index in [9.17, 15) is 0 Å². The summed E-state index contributed by atoms with van der Waals surface area (Å²) in [5.74, 6) is 0.583. The first-order chi connectivity index (χ1) is 17.1. The van der Waals surface area contributed by atoms with Crippen molar-refractivity contribution >= 4 is 6.34 Å². The average molecular weight is 475 g/mol. The maximum absolute atomic E-state index is 7.17. The van der Waals surface area contributed by atoms with Crippen LogP contribution >= 0.6 is 0 Å². The van der Waals surface area contributed by atoms with Gasteiger partial charge in [-0.25, -0.2) is 4.99 Å². The average Bonchev–Trinajstić information content (AvgIpc) is 2.89. The molecule has 1 atom stereocenters. The number of pyridine rings is 1. The van der Waals surface area contributed by atoms with Gasteiger partial charge in [0, 0.05) is 25.0 Å². The molecule has 0 bridgehead atoms. The Bertz CT molecular complexity index is 1100. The molecule has 1 aromatic heterocycles. The third-order valence-corrected chi connectivity index (χ3v) is 7.15.